The molecule has 0 amide bonds. The molecule has 5 nitrogen and oxygen atoms in total. The maximum absolute atomic E-state index is 12.7. The average Bonchev–Trinajstić information content (AvgIpc) is 3.05. The quantitative estimate of drug-likeness (QED) is 0.790. The average molecular weight is 318 g/mol. The molecular weight excluding hydrogens is 296 g/mol. The number of aliphatic hydroxyl groups is 1. The first-order valence-electron chi connectivity index (χ1n) is 7.01. The van der Waals surface area contributed by atoms with E-state index in [1.165, 1.54) is 11.3 Å². The highest BCUT2D eigenvalue weighted by Crippen LogP contribution is 2.31. The van der Waals surface area contributed by atoms with Crippen LogP contribution in [0.1, 0.15) is 30.6 Å². The fourth-order valence-electron chi connectivity index (χ4n) is 2.63. The van der Waals surface area contributed by atoms with Crippen LogP contribution in [0.25, 0.3) is 0 Å². The summed E-state index contributed by atoms with van der Waals surface area (Å²) in [5.74, 6) is 0. The van der Waals surface area contributed by atoms with E-state index in [1.807, 2.05) is 6.07 Å². The standard InChI is InChI=1S/C13H22N2O3S2/c14-8-7-12-5-6-13(19-12)20(17,18)15-9-1-3-11(15)4-2-10-16/h5-6,11,16H,1-4,7-10,14H2. The Balaban J connectivity index is 2.15. The lowest BCUT2D eigenvalue weighted by molar-refractivity contribution is 0.264. The number of aliphatic hydroxyl groups excluding tert-OH is 1. The molecule has 0 aliphatic carbocycles. The second-order valence-corrected chi connectivity index (χ2v) is 8.32. The summed E-state index contributed by atoms with van der Waals surface area (Å²) in [5.41, 5.74) is 5.50. The summed E-state index contributed by atoms with van der Waals surface area (Å²) >= 11 is 1.32. The smallest absolute Gasteiger partial charge is 0.252 e. The monoisotopic (exact) mass is 318 g/mol. The Morgan fingerprint density at radius 1 is 1.45 bits per heavy atom. The van der Waals surface area contributed by atoms with Crippen LogP contribution in [-0.4, -0.2) is 43.6 Å². The van der Waals surface area contributed by atoms with Crippen molar-refractivity contribution < 1.29 is 13.5 Å². The lowest BCUT2D eigenvalue weighted by Gasteiger charge is -2.23. The van der Waals surface area contributed by atoms with Crippen LogP contribution in [0.2, 0.25) is 0 Å². The first kappa shape index (κ1) is 15.9. The summed E-state index contributed by atoms with van der Waals surface area (Å²) in [5, 5.41) is 8.92. The molecule has 1 atom stereocenters. The van der Waals surface area contributed by atoms with Gasteiger partial charge in [-0.2, -0.15) is 4.31 Å². The molecule has 1 aromatic rings. The molecule has 114 valence electrons. The molecule has 2 rings (SSSR count). The minimum atomic E-state index is -3.39. The normalized spacial score (nSPS) is 20.6. The molecule has 0 spiro atoms. The Bertz CT molecular complexity index is 527. The van der Waals surface area contributed by atoms with Gasteiger partial charge in [0.15, 0.2) is 0 Å². The maximum Gasteiger partial charge on any atom is 0.252 e. The van der Waals surface area contributed by atoms with E-state index in [0.717, 1.165) is 24.1 Å². The number of hydrogen-bond acceptors (Lipinski definition) is 5. The summed E-state index contributed by atoms with van der Waals surface area (Å²) in [6, 6.07) is 3.57. The van der Waals surface area contributed by atoms with E-state index >= 15 is 0 Å². The zero-order valence-corrected chi connectivity index (χ0v) is 13.1. The van der Waals surface area contributed by atoms with Gasteiger partial charge in [0.05, 0.1) is 0 Å². The van der Waals surface area contributed by atoms with Gasteiger partial charge in [0, 0.05) is 24.1 Å². The molecular formula is C13H22N2O3S2. The molecule has 0 radical (unpaired) electrons. The van der Waals surface area contributed by atoms with Crippen LogP contribution in [0.3, 0.4) is 0 Å². The summed E-state index contributed by atoms with van der Waals surface area (Å²) in [6.45, 7) is 1.23. The minimum Gasteiger partial charge on any atom is -0.396 e. The number of nitrogens with zero attached hydrogens (tertiary/aromatic N) is 1. The summed E-state index contributed by atoms with van der Waals surface area (Å²) in [6.07, 6.45) is 3.89. The van der Waals surface area contributed by atoms with Gasteiger partial charge in [-0.25, -0.2) is 8.42 Å². The highest BCUT2D eigenvalue weighted by molar-refractivity contribution is 7.91. The molecule has 0 bridgehead atoms. The third-order valence-corrected chi connectivity index (χ3v) is 7.17. The van der Waals surface area contributed by atoms with Crippen LogP contribution >= 0.6 is 11.3 Å². The molecule has 1 unspecified atom stereocenters. The lowest BCUT2D eigenvalue weighted by Crippen LogP contribution is -2.35. The highest BCUT2D eigenvalue weighted by atomic mass is 32.2. The Hall–Kier alpha value is -0.470. The maximum atomic E-state index is 12.7. The van der Waals surface area contributed by atoms with Gasteiger partial charge in [0.2, 0.25) is 0 Å². The van der Waals surface area contributed by atoms with Gasteiger partial charge >= 0.3 is 0 Å². The van der Waals surface area contributed by atoms with Crippen molar-refractivity contribution in [2.75, 3.05) is 19.7 Å². The Kier molecular flexibility index (Phi) is 5.57. The summed E-state index contributed by atoms with van der Waals surface area (Å²) < 4.78 is 27.4. The van der Waals surface area contributed by atoms with Crippen molar-refractivity contribution in [2.45, 2.75) is 42.4 Å². The number of hydrogen-bond donors (Lipinski definition) is 2. The van der Waals surface area contributed by atoms with Crippen LogP contribution in [0.5, 0.6) is 0 Å². The second kappa shape index (κ2) is 7.00. The van der Waals surface area contributed by atoms with E-state index in [4.69, 9.17) is 10.8 Å². The lowest BCUT2D eigenvalue weighted by atomic mass is 10.1. The molecule has 1 aromatic heterocycles. The van der Waals surface area contributed by atoms with E-state index in [0.29, 0.717) is 30.1 Å². The van der Waals surface area contributed by atoms with Gasteiger partial charge in [0.1, 0.15) is 4.21 Å². The third kappa shape index (κ3) is 3.40. The van der Waals surface area contributed by atoms with Crippen LogP contribution in [0, 0.1) is 0 Å². The zero-order chi connectivity index (χ0) is 14.6. The van der Waals surface area contributed by atoms with E-state index in [2.05, 4.69) is 0 Å². The van der Waals surface area contributed by atoms with Gasteiger partial charge in [-0.15, -0.1) is 11.3 Å². The first-order valence-corrected chi connectivity index (χ1v) is 9.26. The Morgan fingerprint density at radius 3 is 2.95 bits per heavy atom. The SMILES string of the molecule is NCCc1ccc(S(=O)(=O)N2CCCC2CCCO)s1. The van der Waals surface area contributed by atoms with Crippen LogP contribution in [-0.2, 0) is 16.4 Å². The zero-order valence-electron chi connectivity index (χ0n) is 11.5. The van der Waals surface area contributed by atoms with Crippen molar-refractivity contribution >= 4 is 21.4 Å². The number of sulfonamides is 1. The van der Waals surface area contributed by atoms with Crippen LogP contribution < -0.4 is 5.73 Å². The van der Waals surface area contributed by atoms with Crippen molar-refractivity contribution in [3.63, 3.8) is 0 Å². The molecule has 2 heterocycles. The number of thiophene rings is 1. The van der Waals surface area contributed by atoms with E-state index < -0.39 is 10.0 Å². The van der Waals surface area contributed by atoms with Gasteiger partial charge in [0.25, 0.3) is 10.0 Å². The van der Waals surface area contributed by atoms with Crippen molar-refractivity contribution in [3.8, 4) is 0 Å². The minimum absolute atomic E-state index is 0.0345. The fourth-order valence-corrected chi connectivity index (χ4v) is 5.85. The van der Waals surface area contributed by atoms with Crippen LogP contribution in [0.15, 0.2) is 16.3 Å². The second-order valence-electron chi connectivity index (χ2n) is 5.04. The van der Waals surface area contributed by atoms with Crippen LogP contribution in [0.4, 0.5) is 0 Å². The number of nitrogens with two attached hydrogens (primary N) is 1. The third-order valence-electron chi connectivity index (χ3n) is 3.61. The van der Waals surface area contributed by atoms with Crippen molar-refractivity contribution in [3.05, 3.63) is 17.0 Å². The topological polar surface area (TPSA) is 83.6 Å². The molecule has 20 heavy (non-hydrogen) atoms. The molecule has 0 saturated carbocycles. The van der Waals surface area contributed by atoms with Gasteiger partial charge in [-0.05, 0) is 50.8 Å². The van der Waals surface area contributed by atoms with Crippen molar-refractivity contribution in [1.29, 1.82) is 0 Å². The largest absolute Gasteiger partial charge is 0.396 e. The van der Waals surface area contributed by atoms with Crippen molar-refractivity contribution in [1.82, 2.24) is 4.31 Å². The van der Waals surface area contributed by atoms with E-state index in [9.17, 15) is 8.42 Å². The predicted octanol–water partition coefficient (Wildman–Crippen LogP) is 1.17. The molecule has 1 saturated heterocycles. The molecule has 1 fully saturated rings. The molecule has 1 aliphatic rings. The first-order chi connectivity index (χ1) is 9.59. The van der Waals surface area contributed by atoms with Gasteiger partial charge < -0.3 is 10.8 Å². The fraction of sp³-hybridized carbons (Fsp3) is 0.692. The molecule has 3 N–H and O–H groups in total. The van der Waals surface area contributed by atoms with Gasteiger partial charge in [-0.3, -0.25) is 0 Å². The summed E-state index contributed by atoms with van der Waals surface area (Å²) in [7, 11) is -3.39. The van der Waals surface area contributed by atoms with Crippen molar-refractivity contribution in [2.24, 2.45) is 5.73 Å². The Morgan fingerprint density at radius 2 is 2.25 bits per heavy atom. The Labute approximate surface area is 124 Å². The predicted molar refractivity (Wildman–Crippen MR) is 80.3 cm³/mol. The van der Waals surface area contributed by atoms with E-state index in [1.54, 1.807) is 10.4 Å². The molecule has 1 aliphatic heterocycles. The molecule has 0 aromatic carbocycles. The van der Waals surface area contributed by atoms with E-state index in [-0.39, 0.29) is 12.6 Å². The highest BCUT2D eigenvalue weighted by Gasteiger charge is 2.35. The van der Waals surface area contributed by atoms with Gasteiger partial charge in [-0.1, -0.05) is 0 Å². The number of rotatable bonds is 7. The summed E-state index contributed by atoms with van der Waals surface area (Å²) in [4.78, 5) is 1.01. The molecule has 7 heteroatoms.